The second-order valence-corrected chi connectivity index (χ2v) is 15.4. The van der Waals surface area contributed by atoms with Crippen LogP contribution in [0.4, 0.5) is 27.6 Å². The van der Waals surface area contributed by atoms with Crippen molar-refractivity contribution in [3.8, 4) is 22.6 Å². The van der Waals surface area contributed by atoms with Crippen LogP contribution in [0.1, 0.15) is 78.5 Å². The van der Waals surface area contributed by atoms with E-state index in [0.29, 0.717) is 17.1 Å². The number of piperidine rings is 2. The second kappa shape index (κ2) is 16.6. The topological polar surface area (TPSA) is 71.1 Å². The fourth-order valence-corrected chi connectivity index (χ4v) is 8.50. The van der Waals surface area contributed by atoms with Crippen LogP contribution in [-0.2, 0) is 11.2 Å². The lowest BCUT2D eigenvalue weighted by atomic mass is 9.90. The third-order valence-corrected chi connectivity index (χ3v) is 11.7. The van der Waals surface area contributed by atoms with Gasteiger partial charge in [-0.3, -0.25) is 14.5 Å². The molecule has 0 saturated carbocycles. The van der Waals surface area contributed by atoms with Crippen LogP contribution in [0.15, 0.2) is 60.7 Å². The summed E-state index contributed by atoms with van der Waals surface area (Å²) in [5.41, 5.74) is 3.11. The number of ether oxygens (including phenoxy) is 2. The van der Waals surface area contributed by atoms with E-state index in [1.165, 1.54) is 19.9 Å². The average Bonchev–Trinajstić information content (AvgIpc) is 3.16. The van der Waals surface area contributed by atoms with Crippen LogP contribution < -0.4 is 19.7 Å². The average molecular weight is 798 g/mol. The maximum atomic E-state index is 15.8. The van der Waals surface area contributed by atoms with E-state index < -0.39 is 72.1 Å². The number of hydrogen-bond acceptors (Lipinski definition) is 6. The Hall–Kier alpha value is -4.36. The lowest BCUT2D eigenvalue weighted by molar-refractivity contribution is -0.112. The highest BCUT2D eigenvalue weighted by molar-refractivity contribution is 7.96. The maximum absolute atomic E-state index is 15.8. The first-order chi connectivity index (χ1) is 26.6. The van der Waals surface area contributed by atoms with Gasteiger partial charge in [0, 0.05) is 44.0 Å². The molecular formula is C43H48F5N3O4S. The lowest BCUT2D eigenvalue weighted by Crippen LogP contribution is -2.55. The van der Waals surface area contributed by atoms with Gasteiger partial charge >= 0.3 is 0 Å². The molecule has 1 amide bonds. The molecule has 0 radical (unpaired) electrons. The highest BCUT2D eigenvalue weighted by atomic mass is 32.1. The standard InChI is InChI=1S/C43H48F5N3O4S/c1-6-43(47,48)37-24-42(45,46)16-18-51(37)28-19-25(2)38(32(44)23-28)40(52)49-33(41(53)56)20-26-11-9-13-30-29(26)12-10-14-31(30)39-35(54-4)21-27(22-36(39)55-5)34-15-7-8-17-50(34)3/h9-14,19,21-23,33-34,37H,6-8,15-18,20,24H2,1-5H3,(H,49,52)(H,53,56)/t33-,34?,37?/m0/s1. The molecule has 2 saturated heterocycles. The number of rotatable bonds is 12. The lowest BCUT2D eigenvalue weighted by Gasteiger charge is -2.44. The summed E-state index contributed by atoms with van der Waals surface area (Å²) in [6.07, 6.45) is 0.924. The number of alkyl halides is 4. The Bertz CT molecular complexity index is 2070. The molecule has 3 atom stereocenters. The van der Waals surface area contributed by atoms with Crippen molar-refractivity contribution in [2.75, 3.05) is 39.3 Å². The predicted molar refractivity (Wildman–Crippen MR) is 212 cm³/mol. The van der Waals surface area contributed by atoms with Crippen molar-refractivity contribution in [3.63, 3.8) is 0 Å². The molecule has 2 fully saturated rings. The molecule has 4 aromatic carbocycles. The number of likely N-dealkylation sites (tertiary alicyclic amines) is 1. The van der Waals surface area contributed by atoms with Gasteiger partial charge < -0.3 is 19.7 Å². The molecule has 56 heavy (non-hydrogen) atoms. The predicted octanol–water partition coefficient (Wildman–Crippen LogP) is 9.58. The zero-order chi connectivity index (χ0) is 40.5. The number of carbonyl (C=O) groups excluding carboxylic acids is 2. The highest BCUT2D eigenvalue weighted by Gasteiger charge is 2.51. The van der Waals surface area contributed by atoms with Gasteiger partial charge in [0.25, 0.3) is 17.8 Å². The number of anilines is 1. The summed E-state index contributed by atoms with van der Waals surface area (Å²) in [6, 6.07) is 15.0. The summed E-state index contributed by atoms with van der Waals surface area (Å²) in [5.74, 6) is -7.37. The van der Waals surface area contributed by atoms with Crippen LogP contribution in [-0.4, -0.2) is 74.2 Å². The van der Waals surface area contributed by atoms with Crippen molar-refractivity contribution in [1.29, 1.82) is 0 Å². The summed E-state index contributed by atoms with van der Waals surface area (Å²) >= 11 is 4.07. The fraction of sp³-hybridized carbons (Fsp3) is 0.442. The Morgan fingerprint density at radius 2 is 1.68 bits per heavy atom. The Morgan fingerprint density at radius 3 is 2.30 bits per heavy atom. The van der Waals surface area contributed by atoms with Crippen LogP contribution >= 0.6 is 12.6 Å². The van der Waals surface area contributed by atoms with E-state index in [4.69, 9.17) is 9.47 Å². The molecule has 13 heteroatoms. The number of halogens is 5. The van der Waals surface area contributed by atoms with Gasteiger partial charge in [0.05, 0.1) is 31.4 Å². The van der Waals surface area contributed by atoms with Gasteiger partial charge in [0.2, 0.25) is 5.12 Å². The third kappa shape index (κ3) is 8.34. The molecule has 2 aliphatic heterocycles. The molecule has 0 aromatic heterocycles. The van der Waals surface area contributed by atoms with E-state index in [1.807, 2.05) is 36.4 Å². The number of methoxy groups -OCH3 is 2. The van der Waals surface area contributed by atoms with Crippen molar-refractivity contribution in [1.82, 2.24) is 10.2 Å². The zero-order valence-corrected chi connectivity index (χ0v) is 33.1. The summed E-state index contributed by atoms with van der Waals surface area (Å²) in [7, 11) is 5.38. The molecule has 1 N–H and O–H groups in total. The zero-order valence-electron chi connectivity index (χ0n) is 32.2. The van der Waals surface area contributed by atoms with Gasteiger partial charge in [-0.1, -0.05) is 49.7 Å². The normalized spacial score (nSPS) is 19.4. The Balaban J connectivity index is 1.29. The van der Waals surface area contributed by atoms with E-state index in [-0.39, 0.29) is 23.7 Å². The van der Waals surface area contributed by atoms with Crippen LogP contribution in [0, 0.1) is 12.7 Å². The summed E-state index contributed by atoms with van der Waals surface area (Å²) in [6.45, 7) is 3.24. The molecular weight excluding hydrogens is 750 g/mol. The number of amides is 1. The minimum atomic E-state index is -3.46. The molecule has 300 valence electrons. The van der Waals surface area contributed by atoms with Gasteiger partial charge in [-0.05, 0) is 90.6 Å². The minimum Gasteiger partial charge on any atom is -0.496 e. The van der Waals surface area contributed by atoms with E-state index in [9.17, 15) is 27.2 Å². The molecule has 2 aliphatic rings. The summed E-state index contributed by atoms with van der Waals surface area (Å²) in [5, 5.41) is 3.61. The van der Waals surface area contributed by atoms with Crippen molar-refractivity contribution in [2.45, 2.75) is 88.8 Å². The van der Waals surface area contributed by atoms with Crippen molar-refractivity contribution in [2.24, 2.45) is 0 Å². The van der Waals surface area contributed by atoms with E-state index in [1.54, 1.807) is 14.2 Å². The number of fused-ring (bicyclic) bond motifs is 1. The fourth-order valence-electron chi connectivity index (χ4n) is 8.34. The monoisotopic (exact) mass is 797 g/mol. The number of hydrogen-bond donors (Lipinski definition) is 2. The van der Waals surface area contributed by atoms with Gasteiger partial charge in [0.15, 0.2) is 0 Å². The van der Waals surface area contributed by atoms with E-state index in [0.717, 1.165) is 64.2 Å². The van der Waals surface area contributed by atoms with Crippen molar-refractivity contribution in [3.05, 3.63) is 88.7 Å². The third-order valence-electron chi connectivity index (χ3n) is 11.4. The van der Waals surface area contributed by atoms with Crippen LogP contribution in [0.25, 0.3) is 21.9 Å². The number of carbonyl (C=O) groups is 2. The van der Waals surface area contributed by atoms with Crippen LogP contribution in [0.5, 0.6) is 11.5 Å². The molecule has 0 aliphatic carbocycles. The van der Waals surface area contributed by atoms with Crippen molar-refractivity contribution >= 4 is 40.1 Å². The number of aryl methyl sites for hydroxylation is 1. The number of benzene rings is 4. The highest BCUT2D eigenvalue weighted by Crippen LogP contribution is 2.46. The maximum Gasteiger partial charge on any atom is 0.267 e. The van der Waals surface area contributed by atoms with Crippen molar-refractivity contribution < 1.29 is 41.0 Å². The Morgan fingerprint density at radius 1 is 1.00 bits per heavy atom. The van der Waals surface area contributed by atoms with Crippen LogP contribution in [0.3, 0.4) is 0 Å². The SMILES string of the molecule is CCC(F)(F)C1CC(F)(F)CCN1c1cc(C)c(C(=O)N[C@@H](Cc2cccc3c(-c4c(OC)cc(C5CCCCN5C)cc4OC)cccc23)C(=O)S)c(F)c1. The summed E-state index contributed by atoms with van der Waals surface area (Å²) in [4.78, 5) is 30.0. The molecule has 4 aromatic rings. The first-order valence-electron chi connectivity index (χ1n) is 18.9. The second-order valence-electron chi connectivity index (χ2n) is 14.9. The molecule has 0 bridgehead atoms. The smallest absolute Gasteiger partial charge is 0.267 e. The summed E-state index contributed by atoms with van der Waals surface area (Å²) < 4.78 is 86.1. The van der Waals surface area contributed by atoms with E-state index >= 15 is 4.39 Å². The number of nitrogens with one attached hydrogen (secondary N) is 1. The molecule has 0 spiro atoms. The largest absolute Gasteiger partial charge is 0.496 e. The number of thiol groups is 1. The first-order valence-corrected chi connectivity index (χ1v) is 19.4. The molecule has 7 nitrogen and oxygen atoms in total. The van der Waals surface area contributed by atoms with E-state index in [2.05, 4.69) is 42.0 Å². The molecule has 2 heterocycles. The Kier molecular flexibility index (Phi) is 12.3. The van der Waals surface area contributed by atoms with Gasteiger partial charge in [-0.25, -0.2) is 22.0 Å². The molecule has 6 rings (SSSR count). The van der Waals surface area contributed by atoms with Crippen LogP contribution in [0.2, 0.25) is 0 Å². The first kappa shape index (κ1) is 41.3. The quantitative estimate of drug-likeness (QED) is 0.110. The number of nitrogens with zero attached hydrogens (tertiary/aromatic N) is 2. The van der Waals surface area contributed by atoms with Gasteiger partial charge in [-0.2, -0.15) is 0 Å². The minimum absolute atomic E-state index is 0.0185. The van der Waals surface area contributed by atoms with Gasteiger partial charge in [0.1, 0.15) is 23.4 Å². The van der Waals surface area contributed by atoms with Gasteiger partial charge in [-0.15, -0.1) is 12.6 Å². The Labute approximate surface area is 329 Å². The molecule has 2 unspecified atom stereocenters.